The molecule has 0 heterocycles. The van der Waals surface area contributed by atoms with Gasteiger partial charge >= 0.3 is 0 Å². The van der Waals surface area contributed by atoms with E-state index in [-0.39, 0.29) is 4.90 Å². The average Bonchev–Trinajstić information content (AvgIpc) is 1.99. The Morgan fingerprint density at radius 2 is 2.07 bits per heavy atom. The van der Waals surface area contributed by atoms with Crippen molar-refractivity contribution in [3.8, 4) is 6.07 Å². The van der Waals surface area contributed by atoms with E-state index >= 15 is 0 Å². The van der Waals surface area contributed by atoms with Gasteiger partial charge in [-0.1, -0.05) is 0 Å². The summed E-state index contributed by atoms with van der Waals surface area (Å²) in [7, 11) is 1.45. The van der Waals surface area contributed by atoms with Crippen LogP contribution in [0.5, 0.6) is 0 Å². The third-order valence-corrected chi connectivity index (χ3v) is 3.98. The maximum atomic E-state index is 11.1. The van der Waals surface area contributed by atoms with Gasteiger partial charge in [0.25, 0.3) is 9.05 Å². The van der Waals surface area contributed by atoms with E-state index in [1.165, 1.54) is 12.1 Å². The van der Waals surface area contributed by atoms with E-state index in [1.54, 1.807) is 6.92 Å². The lowest BCUT2D eigenvalue weighted by atomic mass is 10.1. The van der Waals surface area contributed by atoms with Gasteiger partial charge in [0.05, 0.1) is 16.5 Å². The zero-order chi connectivity index (χ0) is 10.9. The molecule has 14 heavy (non-hydrogen) atoms. The van der Waals surface area contributed by atoms with Crippen LogP contribution in [0, 0.1) is 18.3 Å². The average molecular weight is 295 g/mol. The van der Waals surface area contributed by atoms with Gasteiger partial charge in [0.15, 0.2) is 0 Å². The fourth-order valence-electron chi connectivity index (χ4n) is 1.10. The highest BCUT2D eigenvalue weighted by Crippen LogP contribution is 2.29. The fraction of sp³-hybridized carbons (Fsp3) is 0.125. The Hall–Kier alpha value is -0.570. The van der Waals surface area contributed by atoms with Crippen molar-refractivity contribution in [2.75, 3.05) is 0 Å². The summed E-state index contributed by atoms with van der Waals surface area (Å²) in [5.74, 6) is 0. The number of hydrogen-bond acceptors (Lipinski definition) is 3. The first kappa shape index (κ1) is 11.5. The molecule has 1 aromatic carbocycles. The number of benzene rings is 1. The Kier molecular flexibility index (Phi) is 3.20. The second-order valence-corrected chi connectivity index (χ2v) is 6.01. The molecule has 6 heteroatoms. The van der Waals surface area contributed by atoms with Crippen LogP contribution in [0.1, 0.15) is 11.1 Å². The topological polar surface area (TPSA) is 57.9 Å². The summed E-state index contributed by atoms with van der Waals surface area (Å²) in [6.45, 7) is 1.58. The summed E-state index contributed by atoms with van der Waals surface area (Å²) in [5, 5.41) is 8.63. The Labute approximate surface area is 94.9 Å². The number of nitrogens with zero attached hydrogens (tertiary/aromatic N) is 1. The Bertz CT molecular complexity index is 496. The van der Waals surface area contributed by atoms with Crippen molar-refractivity contribution in [1.29, 1.82) is 5.26 Å². The summed E-state index contributed by atoms with van der Waals surface area (Å²) in [6, 6.07) is 4.81. The van der Waals surface area contributed by atoms with Crippen LogP contribution in [0.25, 0.3) is 0 Å². The zero-order valence-electron chi connectivity index (χ0n) is 7.08. The lowest BCUT2D eigenvalue weighted by molar-refractivity contribution is 0.608. The molecule has 3 nitrogen and oxygen atoms in total. The van der Waals surface area contributed by atoms with Crippen LogP contribution in [-0.2, 0) is 9.05 Å². The quantitative estimate of drug-likeness (QED) is 0.748. The van der Waals surface area contributed by atoms with Gasteiger partial charge in [-0.25, -0.2) is 8.42 Å². The molecule has 0 atom stereocenters. The molecule has 0 unspecified atom stereocenters. The van der Waals surface area contributed by atoms with Crippen molar-refractivity contribution in [1.82, 2.24) is 0 Å². The molecule has 0 aliphatic rings. The molecule has 0 aliphatic heterocycles. The molecule has 0 bridgehead atoms. The van der Waals surface area contributed by atoms with Crippen LogP contribution in [-0.4, -0.2) is 8.42 Å². The molecule has 0 aromatic heterocycles. The molecule has 74 valence electrons. The van der Waals surface area contributed by atoms with Crippen LogP contribution >= 0.6 is 26.6 Å². The Morgan fingerprint density at radius 3 is 2.43 bits per heavy atom. The third-order valence-electron chi connectivity index (χ3n) is 1.60. The molecule has 0 N–H and O–H groups in total. The van der Waals surface area contributed by atoms with Crippen LogP contribution in [0.2, 0.25) is 0 Å². The van der Waals surface area contributed by atoms with Crippen LogP contribution in [0.15, 0.2) is 21.5 Å². The summed E-state index contributed by atoms with van der Waals surface area (Å²) in [5.41, 5.74) is 0.837. The Morgan fingerprint density at radius 1 is 1.50 bits per heavy atom. The number of hydrogen-bond donors (Lipinski definition) is 0. The first-order valence-corrected chi connectivity index (χ1v) is 6.61. The summed E-state index contributed by atoms with van der Waals surface area (Å²) in [4.78, 5) is 0.0122. The van der Waals surface area contributed by atoms with E-state index in [1.807, 2.05) is 6.07 Å². The molecule has 0 saturated heterocycles. The predicted octanol–water partition coefficient (Wildman–Crippen LogP) is 2.56. The van der Waals surface area contributed by atoms with Gasteiger partial charge in [-0.2, -0.15) is 5.26 Å². The standard InChI is InChI=1S/C8H5BrClNO2S/c1-5-2-6(4-11)3-7(9)8(5)14(10,12)13/h2-3H,1H3. The maximum absolute atomic E-state index is 11.1. The molecular formula is C8H5BrClNO2S. The lowest BCUT2D eigenvalue weighted by Crippen LogP contribution is -1.97. The molecule has 1 rings (SSSR count). The molecule has 0 radical (unpaired) electrons. The van der Waals surface area contributed by atoms with E-state index in [0.717, 1.165) is 0 Å². The first-order valence-electron chi connectivity index (χ1n) is 3.51. The van der Waals surface area contributed by atoms with Crippen LogP contribution in [0.4, 0.5) is 0 Å². The first-order chi connectivity index (χ1) is 6.36. The number of nitriles is 1. The van der Waals surface area contributed by atoms with Crippen molar-refractivity contribution >= 4 is 35.7 Å². The second kappa shape index (κ2) is 3.89. The normalized spacial score (nSPS) is 11.0. The summed E-state index contributed by atoms with van der Waals surface area (Å²) >= 11 is 3.06. The minimum Gasteiger partial charge on any atom is -0.207 e. The van der Waals surface area contributed by atoms with E-state index in [0.29, 0.717) is 15.6 Å². The van der Waals surface area contributed by atoms with Gasteiger partial charge in [-0.15, -0.1) is 0 Å². The maximum Gasteiger partial charge on any atom is 0.262 e. The highest BCUT2D eigenvalue weighted by Gasteiger charge is 2.18. The van der Waals surface area contributed by atoms with Crippen LogP contribution < -0.4 is 0 Å². The highest BCUT2D eigenvalue weighted by molar-refractivity contribution is 9.10. The van der Waals surface area contributed by atoms with E-state index < -0.39 is 9.05 Å². The monoisotopic (exact) mass is 293 g/mol. The van der Waals surface area contributed by atoms with Gasteiger partial charge in [0.2, 0.25) is 0 Å². The van der Waals surface area contributed by atoms with E-state index in [4.69, 9.17) is 15.9 Å². The van der Waals surface area contributed by atoms with E-state index in [9.17, 15) is 8.42 Å². The van der Waals surface area contributed by atoms with Gasteiger partial charge in [0, 0.05) is 15.2 Å². The van der Waals surface area contributed by atoms with Crippen molar-refractivity contribution in [3.05, 3.63) is 27.7 Å². The van der Waals surface area contributed by atoms with Crippen molar-refractivity contribution in [3.63, 3.8) is 0 Å². The van der Waals surface area contributed by atoms with Gasteiger partial charge < -0.3 is 0 Å². The molecule has 0 spiro atoms. The molecule has 0 fully saturated rings. The van der Waals surface area contributed by atoms with Gasteiger partial charge in [-0.05, 0) is 40.5 Å². The van der Waals surface area contributed by atoms with Gasteiger partial charge in [-0.3, -0.25) is 0 Å². The van der Waals surface area contributed by atoms with E-state index in [2.05, 4.69) is 15.9 Å². The summed E-state index contributed by atoms with van der Waals surface area (Å²) < 4.78 is 22.6. The van der Waals surface area contributed by atoms with Crippen molar-refractivity contribution in [2.24, 2.45) is 0 Å². The molecule has 0 amide bonds. The number of aryl methyl sites for hydroxylation is 1. The fourth-order valence-corrected chi connectivity index (χ4v) is 3.93. The van der Waals surface area contributed by atoms with Crippen LogP contribution in [0.3, 0.4) is 0 Å². The second-order valence-electron chi connectivity index (χ2n) is 2.65. The largest absolute Gasteiger partial charge is 0.262 e. The zero-order valence-corrected chi connectivity index (χ0v) is 10.2. The lowest BCUT2D eigenvalue weighted by Gasteiger charge is -2.04. The molecule has 0 aliphatic carbocycles. The van der Waals surface area contributed by atoms with Crippen molar-refractivity contribution < 1.29 is 8.42 Å². The third kappa shape index (κ3) is 2.27. The smallest absolute Gasteiger partial charge is 0.207 e. The molecule has 1 aromatic rings. The highest BCUT2D eigenvalue weighted by atomic mass is 79.9. The Balaban J connectivity index is 3.59. The summed E-state index contributed by atoms with van der Waals surface area (Å²) in [6.07, 6.45) is 0. The molecular weight excluding hydrogens is 290 g/mol. The predicted molar refractivity (Wildman–Crippen MR) is 56.6 cm³/mol. The molecule has 0 saturated carbocycles. The minimum absolute atomic E-state index is 0.0122. The van der Waals surface area contributed by atoms with Crippen molar-refractivity contribution in [2.45, 2.75) is 11.8 Å². The number of rotatable bonds is 1. The SMILES string of the molecule is Cc1cc(C#N)cc(Br)c1S(=O)(=O)Cl. The minimum atomic E-state index is -3.77. The van der Waals surface area contributed by atoms with Gasteiger partial charge in [0.1, 0.15) is 0 Å². The number of halogens is 2.